The normalized spacial score (nSPS) is 29.0. The molecule has 1 saturated carbocycles. The Bertz CT molecular complexity index is 539. The van der Waals surface area contributed by atoms with E-state index >= 15 is 0 Å². The minimum absolute atomic E-state index is 0.0861. The second-order valence-electron chi connectivity index (χ2n) is 7.15. The predicted molar refractivity (Wildman–Crippen MR) is 85.9 cm³/mol. The van der Waals surface area contributed by atoms with E-state index in [9.17, 15) is 9.90 Å². The molecule has 1 amide bonds. The third kappa shape index (κ3) is 3.35. The minimum atomic E-state index is -0.284. The van der Waals surface area contributed by atoms with E-state index in [1.807, 2.05) is 30.3 Å². The van der Waals surface area contributed by atoms with Crippen LogP contribution < -0.4 is 0 Å². The highest BCUT2D eigenvalue weighted by Gasteiger charge is 2.59. The molecule has 3 aliphatic rings. The average Bonchev–Trinajstić information content (AvgIpc) is 2.58. The maximum atomic E-state index is 12.4. The molecule has 5 nitrogen and oxygen atoms in total. The van der Waals surface area contributed by atoms with Crippen molar-refractivity contribution in [1.82, 2.24) is 4.90 Å². The van der Waals surface area contributed by atoms with Crippen LogP contribution in [0.4, 0.5) is 4.79 Å². The minimum Gasteiger partial charge on any atom is -0.445 e. The summed E-state index contributed by atoms with van der Waals surface area (Å²) in [6, 6.07) is 9.68. The third-order valence-electron chi connectivity index (χ3n) is 5.19. The summed E-state index contributed by atoms with van der Waals surface area (Å²) in [7, 11) is 1.70. The second kappa shape index (κ2) is 6.49. The average molecular weight is 319 g/mol. The lowest BCUT2D eigenvalue weighted by molar-refractivity contribution is -0.156. The van der Waals surface area contributed by atoms with Gasteiger partial charge in [0.05, 0.1) is 6.61 Å². The van der Waals surface area contributed by atoms with Crippen LogP contribution in [0.25, 0.3) is 0 Å². The largest absolute Gasteiger partial charge is 0.445 e. The van der Waals surface area contributed by atoms with E-state index < -0.39 is 0 Å². The molecular formula is C18H25NO4. The maximum absolute atomic E-state index is 12.4. The van der Waals surface area contributed by atoms with Crippen molar-refractivity contribution in [3.63, 3.8) is 0 Å². The van der Waals surface area contributed by atoms with E-state index in [-0.39, 0.29) is 30.1 Å². The highest BCUT2D eigenvalue weighted by molar-refractivity contribution is 5.68. The Kier molecular flexibility index (Phi) is 4.60. The standard InChI is InChI=1S/C18H25NO4/c1-22-8-7-17-10-18(11-17,14-20)13-19(12-17)16(21)23-9-15-5-3-2-4-6-15/h2-6,20H,7-14H2,1H3. The summed E-state index contributed by atoms with van der Waals surface area (Å²) in [5.41, 5.74) is 0.925. The van der Waals surface area contributed by atoms with Crippen molar-refractivity contribution in [2.24, 2.45) is 10.8 Å². The van der Waals surface area contributed by atoms with Crippen molar-refractivity contribution in [1.29, 1.82) is 0 Å². The van der Waals surface area contributed by atoms with Crippen LogP contribution in [0.15, 0.2) is 30.3 Å². The lowest BCUT2D eigenvalue weighted by atomic mass is 9.49. The molecule has 0 unspecified atom stereocenters. The molecular weight excluding hydrogens is 294 g/mol. The first-order valence-corrected chi connectivity index (χ1v) is 8.16. The Hall–Kier alpha value is -1.59. The Morgan fingerprint density at radius 1 is 1.22 bits per heavy atom. The van der Waals surface area contributed by atoms with Gasteiger partial charge < -0.3 is 19.5 Å². The summed E-state index contributed by atoms with van der Waals surface area (Å²) in [6.07, 6.45) is 2.59. The number of rotatable bonds is 6. The van der Waals surface area contributed by atoms with Gasteiger partial charge in [0.25, 0.3) is 0 Å². The van der Waals surface area contributed by atoms with Gasteiger partial charge in [-0.05, 0) is 30.2 Å². The molecule has 2 saturated heterocycles. The molecule has 0 aromatic heterocycles. The fourth-order valence-electron chi connectivity index (χ4n) is 4.30. The van der Waals surface area contributed by atoms with Crippen LogP contribution in [0.1, 0.15) is 24.8 Å². The van der Waals surface area contributed by atoms with Crippen molar-refractivity contribution >= 4 is 6.09 Å². The number of hydrogen-bond acceptors (Lipinski definition) is 4. The van der Waals surface area contributed by atoms with Gasteiger partial charge in [0.15, 0.2) is 0 Å². The molecule has 5 heteroatoms. The molecule has 2 bridgehead atoms. The number of carbonyl (C=O) groups excluding carboxylic acids is 1. The smallest absolute Gasteiger partial charge is 0.410 e. The highest BCUT2D eigenvalue weighted by Crippen LogP contribution is 2.60. The predicted octanol–water partition coefficient (Wildman–Crippen LogP) is 2.43. The number of fused-ring (bicyclic) bond motifs is 2. The van der Waals surface area contributed by atoms with Crippen LogP contribution in [-0.2, 0) is 16.1 Å². The molecule has 4 rings (SSSR count). The summed E-state index contributed by atoms with van der Waals surface area (Å²) in [5.74, 6) is 0. The maximum Gasteiger partial charge on any atom is 0.410 e. The van der Waals surface area contributed by atoms with Crippen molar-refractivity contribution in [3.05, 3.63) is 35.9 Å². The number of aliphatic hydroxyl groups excluding tert-OH is 1. The topological polar surface area (TPSA) is 59.0 Å². The van der Waals surface area contributed by atoms with Crippen LogP contribution in [-0.4, -0.2) is 49.5 Å². The second-order valence-corrected chi connectivity index (χ2v) is 7.15. The number of ether oxygens (including phenoxy) is 2. The fraction of sp³-hybridized carbons (Fsp3) is 0.611. The van der Waals surface area contributed by atoms with Crippen molar-refractivity contribution in [3.8, 4) is 0 Å². The fourth-order valence-corrected chi connectivity index (χ4v) is 4.30. The van der Waals surface area contributed by atoms with E-state index in [0.29, 0.717) is 19.7 Å². The Balaban J connectivity index is 1.59. The number of benzene rings is 1. The zero-order valence-corrected chi connectivity index (χ0v) is 13.7. The molecule has 1 aromatic rings. The number of methoxy groups -OCH3 is 1. The summed E-state index contributed by atoms with van der Waals surface area (Å²) in [6.45, 7) is 2.39. The highest BCUT2D eigenvalue weighted by atomic mass is 16.6. The van der Waals surface area contributed by atoms with E-state index in [1.54, 1.807) is 12.0 Å². The summed E-state index contributed by atoms with van der Waals surface area (Å²) >= 11 is 0. The van der Waals surface area contributed by atoms with Gasteiger partial charge in [-0.25, -0.2) is 4.79 Å². The summed E-state index contributed by atoms with van der Waals surface area (Å²) in [4.78, 5) is 14.2. The monoisotopic (exact) mass is 319 g/mol. The van der Waals surface area contributed by atoms with E-state index in [0.717, 1.165) is 24.8 Å². The molecule has 2 aliphatic heterocycles. The van der Waals surface area contributed by atoms with Crippen molar-refractivity contribution in [2.45, 2.75) is 25.9 Å². The summed E-state index contributed by atoms with van der Waals surface area (Å²) < 4.78 is 10.7. The molecule has 3 fully saturated rings. The summed E-state index contributed by atoms with van der Waals surface area (Å²) in [5, 5.41) is 9.73. The van der Waals surface area contributed by atoms with Gasteiger partial charge in [-0.15, -0.1) is 0 Å². The van der Waals surface area contributed by atoms with Gasteiger partial charge in [-0.2, -0.15) is 0 Å². The van der Waals surface area contributed by atoms with Crippen LogP contribution >= 0.6 is 0 Å². The van der Waals surface area contributed by atoms with E-state index in [1.165, 1.54) is 0 Å². The molecule has 1 N–H and O–H groups in total. The van der Waals surface area contributed by atoms with Gasteiger partial charge in [0, 0.05) is 32.2 Å². The number of amides is 1. The van der Waals surface area contributed by atoms with Crippen molar-refractivity contribution in [2.75, 3.05) is 33.4 Å². The zero-order valence-electron chi connectivity index (χ0n) is 13.7. The SMILES string of the molecule is COCCC12CN(C(=O)OCc3ccccc3)CC(CO)(C1)C2. The number of hydrogen-bond donors (Lipinski definition) is 1. The number of nitrogens with zero attached hydrogens (tertiary/aromatic N) is 1. The molecule has 2 heterocycles. The Morgan fingerprint density at radius 3 is 2.57 bits per heavy atom. The molecule has 1 aromatic carbocycles. The van der Waals surface area contributed by atoms with Crippen LogP contribution in [0.5, 0.6) is 0 Å². The molecule has 0 spiro atoms. The Labute approximate surface area is 137 Å². The van der Waals surface area contributed by atoms with Crippen molar-refractivity contribution < 1.29 is 19.4 Å². The van der Waals surface area contributed by atoms with Gasteiger partial charge >= 0.3 is 6.09 Å². The first-order valence-electron chi connectivity index (χ1n) is 8.16. The van der Waals surface area contributed by atoms with Gasteiger partial charge in [-0.1, -0.05) is 30.3 Å². The molecule has 0 radical (unpaired) electrons. The van der Waals surface area contributed by atoms with Crippen LogP contribution in [0.2, 0.25) is 0 Å². The van der Waals surface area contributed by atoms with Crippen LogP contribution in [0, 0.1) is 10.8 Å². The third-order valence-corrected chi connectivity index (χ3v) is 5.19. The lowest BCUT2D eigenvalue weighted by Gasteiger charge is -2.63. The number of aliphatic hydroxyl groups is 1. The van der Waals surface area contributed by atoms with Gasteiger partial charge in [0.1, 0.15) is 6.61 Å². The van der Waals surface area contributed by atoms with Gasteiger partial charge in [0.2, 0.25) is 0 Å². The quantitative estimate of drug-likeness (QED) is 0.875. The molecule has 1 aliphatic carbocycles. The molecule has 0 atom stereocenters. The van der Waals surface area contributed by atoms with E-state index in [4.69, 9.17) is 9.47 Å². The first kappa shape index (κ1) is 16.3. The lowest BCUT2D eigenvalue weighted by Crippen LogP contribution is -2.65. The number of piperidine rings is 2. The number of carbonyl (C=O) groups is 1. The molecule has 126 valence electrons. The Morgan fingerprint density at radius 2 is 1.91 bits per heavy atom. The van der Waals surface area contributed by atoms with E-state index in [2.05, 4.69) is 0 Å². The van der Waals surface area contributed by atoms with Gasteiger partial charge in [-0.3, -0.25) is 0 Å². The zero-order chi connectivity index (χ0) is 16.3. The molecule has 23 heavy (non-hydrogen) atoms. The van der Waals surface area contributed by atoms with Crippen LogP contribution in [0.3, 0.4) is 0 Å². The first-order chi connectivity index (χ1) is 11.1.